The summed E-state index contributed by atoms with van der Waals surface area (Å²) in [6, 6.07) is 3.30. The summed E-state index contributed by atoms with van der Waals surface area (Å²) in [6.07, 6.45) is 3.41. The van der Waals surface area contributed by atoms with Gasteiger partial charge in [-0.25, -0.2) is 22.8 Å². The predicted molar refractivity (Wildman–Crippen MR) is 75.2 cm³/mol. The van der Waals surface area contributed by atoms with Crippen LogP contribution in [0.3, 0.4) is 0 Å². The van der Waals surface area contributed by atoms with E-state index < -0.39 is 15.8 Å². The molecule has 0 radical (unpaired) electrons. The summed E-state index contributed by atoms with van der Waals surface area (Å²) in [5.74, 6) is -0.163. The van der Waals surface area contributed by atoms with Gasteiger partial charge < -0.3 is 4.74 Å². The van der Waals surface area contributed by atoms with Crippen molar-refractivity contribution < 1.29 is 17.5 Å². The number of benzene rings is 1. The molecule has 1 N–H and O–H groups in total. The van der Waals surface area contributed by atoms with Gasteiger partial charge in [-0.05, 0) is 12.1 Å². The number of nitrogens with zero attached hydrogens (tertiary/aromatic N) is 2. The monoisotopic (exact) mass is 311 g/mol. The minimum Gasteiger partial charge on any atom is -0.494 e. The molecule has 1 heterocycles. The van der Waals surface area contributed by atoms with Crippen LogP contribution in [-0.4, -0.2) is 25.5 Å². The molecule has 2 rings (SSSR count). The van der Waals surface area contributed by atoms with Crippen molar-refractivity contribution in [1.82, 2.24) is 9.97 Å². The van der Waals surface area contributed by atoms with Crippen molar-refractivity contribution in [3.05, 3.63) is 42.2 Å². The van der Waals surface area contributed by atoms with Crippen LogP contribution in [0.4, 0.5) is 10.1 Å². The van der Waals surface area contributed by atoms with Crippen molar-refractivity contribution in [2.24, 2.45) is 0 Å². The number of hydrogen-bond donors (Lipinski definition) is 1. The lowest BCUT2D eigenvalue weighted by Crippen LogP contribution is -2.14. The van der Waals surface area contributed by atoms with E-state index in [1.54, 1.807) is 0 Å². The van der Waals surface area contributed by atoms with Gasteiger partial charge in [0, 0.05) is 12.5 Å². The van der Waals surface area contributed by atoms with Crippen LogP contribution in [0.15, 0.2) is 35.5 Å². The lowest BCUT2D eigenvalue weighted by molar-refractivity contribution is 0.385. The molecule has 0 unspecified atom stereocenters. The normalized spacial score (nSPS) is 11.2. The molecule has 2 aromatic rings. The molecule has 0 aliphatic rings. The average molecular weight is 311 g/mol. The van der Waals surface area contributed by atoms with Crippen molar-refractivity contribution in [3.63, 3.8) is 0 Å². The maximum absolute atomic E-state index is 13.3. The Morgan fingerprint density at radius 3 is 2.52 bits per heavy atom. The fourth-order valence-corrected chi connectivity index (χ4v) is 2.65. The highest BCUT2D eigenvalue weighted by Crippen LogP contribution is 2.22. The Bertz CT molecular complexity index is 733. The van der Waals surface area contributed by atoms with Gasteiger partial charge in [0.05, 0.1) is 30.1 Å². The molecule has 0 aliphatic heterocycles. The van der Waals surface area contributed by atoms with E-state index in [9.17, 15) is 12.8 Å². The first-order chi connectivity index (χ1) is 9.96. The first kappa shape index (κ1) is 15.2. The van der Waals surface area contributed by atoms with E-state index in [4.69, 9.17) is 4.74 Å². The zero-order chi connectivity index (χ0) is 15.5. The summed E-state index contributed by atoms with van der Waals surface area (Å²) in [4.78, 5) is 7.89. The van der Waals surface area contributed by atoms with Crippen molar-refractivity contribution >= 4 is 15.7 Å². The maximum Gasteiger partial charge on any atom is 0.262 e. The van der Waals surface area contributed by atoms with Gasteiger partial charge in [0.15, 0.2) is 11.6 Å². The highest BCUT2D eigenvalue weighted by molar-refractivity contribution is 7.92. The standard InChI is InChI=1S/C13H14FN3O3S/c1-3-13-15-7-9(8-16-13)17-21(18,19)10-4-5-11(14)12(6-10)20-2/h4-8,17H,3H2,1-2H3. The largest absolute Gasteiger partial charge is 0.494 e. The van der Waals surface area contributed by atoms with Crippen LogP contribution in [0.1, 0.15) is 12.7 Å². The Balaban J connectivity index is 2.29. The second-order valence-corrected chi connectivity index (χ2v) is 5.83. The van der Waals surface area contributed by atoms with E-state index in [2.05, 4.69) is 14.7 Å². The number of sulfonamides is 1. The average Bonchev–Trinajstić information content (AvgIpc) is 2.48. The van der Waals surface area contributed by atoms with Crippen molar-refractivity contribution in [1.29, 1.82) is 0 Å². The molecule has 0 amide bonds. The molecule has 1 aromatic heterocycles. The molecule has 0 fully saturated rings. The topological polar surface area (TPSA) is 81.2 Å². The number of ether oxygens (including phenoxy) is 1. The summed E-state index contributed by atoms with van der Waals surface area (Å²) in [5, 5.41) is 0. The van der Waals surface area contributed by atoms with Crippen LogP contribution < -0.4 is 9.46 Å². The Hall–Kier alpha value is -2.22. The van der Waals surface area contributed by atoms with Gasteiger partial charge in [-0.1, -0.05) is 6.92 Å². The Morgan fingerprint density at radius 1 is 1.29 bits per heavy atom. The molecule has 0 spiro atoms. The number of rotatable bonds is 5. The van der Waals surface area contributed by atoms with Crippen molar-refractivity contribution in [3.8, 4) is 5.75 Å². The van der Waals surface area contributed by atoms with Crippen LogP contribution in [-0.2, 0) is 16.4 Å². The fraction of sp³-hybridized carbons (Fsp3) is 0.231. The minimum absolute atomic E-state index is 0.111. The smallest absolute Gasteiger partial charge is 0.262 e. The fourth-order valence-electron chi connectivity index (χ4n) is 1.61. The molecule has 0 saturated carbocycles. The number of methoxy groups -OCH3 is 1. The molecule has 6 nitrogen and oxygen atoms in total. The van der Waals surface area contributed by atoms with Crippen molar-refractivity contribution in [2.45, 2.75) is 18.2 Å². The number of anilines is 1. The van der Waals surface area contributed by atoms with Crippen LogP contribution in [0.25, 0.3) is 0 Å². The van der Waals surface area contributed by atoms with E-state index in [1.807, 2.05) is 6.92 Å². The van der Waals surface area contributed by atoms with Crippen molar-refractivity contribution in [2.75, 3.05) is 11.8 Å². The summed E-state index contributed by atoms with van der Waals surface area (Å²) >= 11 is 0. The van der Waals surface area contributed by atoms with Gasteiger partial charge in [-0.2, -0.15) is 0 Å². The third kappa shape index (κ3) is 3.46. The van der Waals surface area contributed by atoms with E-state index in [-0.39, 0.29) is 16.3 Å². The molecule has 0 aliphatic carbocycles. The van der Waals surface area contributed by atoms with Crippen LogP contribution in [0.5, 0.6) is 5.75 Å². The lowest BCUT2D eigenvalue weighted by atomic mass is 10.3. The lowest BCUT2D eigenvalue weighted by Gasteiger charge is -2.09. The Labute approximate surface area is 122 Å². The predicted octanol–water partition coefficient (Wildman–Crippen LogP) is 1.99. The molecule has 8 heteroatoms. The van der Waals surface area contributed by atoms with E-state index in [0.717, 1.165) is 18.2 Å². The maximum atomic E-state index is 13.3. The second-order valence-electron chi connectivity index (χ2n) is 4.14. The third-order valence-electron chi connectivity index (χ3n) is 2.71. The quantitative estimate of drug-likeness (QED) is 0.913. The number of hydrogen-bond acceptors (Lipinski definition) is 5. The molecule has 0 saturated heterocycles. The van der Waals surface area contributed by atoms with Crippen LogP contribution >= 0.6 is 0 Å². The molecule has 21 heavy (non-hydrogen) atoms. The zero-order valence-corrected chi connectivity index (χ0v) is 12.3. The van der Waals surface area contributed by atoms with Gasteiger partial charge >= 0.3 is 0 Å². The second kappa shape index (κ2) is 6.04. The van der Waals surface area contributed by atoms with E-state index in [1.165, 1.54) is 19.5 Å². The van der Waals surface area contributed by atoms with Gasteiger partial charge in [-0.3, -0.25) is 4.72 Å². The highest BCUT2D eigenvalue weighted by atomic mass is 32.2. The molecule has 0 atom stereocenters. The molecule has 0 bridgehead atoms. The van der Waals surface area contributed by atoms with E-state index in [0.29, 0.717) is 12.2 Å². The molecule has 1 aromatic carbocycles. The summed E-state index contributed by atoms with van der Waals surface area (Å²) in [6.45, 7) is 1.89. The van der Waals surface area contributed by atoms with Gasteiger partial charge in [0.1, 0.15) is 5.82 Å². The molecule has 112 valence electrons. The summed E-state index contributed by atoms with van der Waals surface area (Å²) in [7, 11) is -2.60. The SMILES string of the molecule is CCc1ncc(NS(=O)(=O)c2ccc(F)c(OC)c2)cn1. The van der Waals surface area contributed by atoms with Gasteiger partial charge in [-0.15, -0.1) is 0 Å². The molecular formula is C13H14FN3O3S. The van der Waals surface area contributed by atoms with Crippen LogP contribution in [0, 0.1) is 5.82 Å². The first-order valence-electron chi connectivity index (χ1n) is 6.13. The number of aryl methyl sites for hydroxylation is 1. The van der Waals surface area contributed by atoms with Gasteiger partial charge in [0.2, 0.25) is 0 Å². The summed E-state index contributed by atoms with van der Waals surface area (Å²) in [5.41, 5.74) is 0.232. The molecular weight excluding hydrogens is 297 g/mol. The summed E-state index contributed by atoms with van der Waals surface area (Å²) < 4.78 is 44.8. The number of aromatic nitrogens is 2. The Morgan fingerprint density at radius 2 is 1.95 bits per heavy atom. The first-order valence-corrected chi connectivity index (χ1v) is 7.62. The van der Waals surface area contributed by atoms with Crippen LogP contribution in [0.2, 0.25) is 0 Å². The third-order valence-corrected chi connectivity index (χ3v) is 4.09. The minimum atomic E-state index is -3.86. The highest BCUT2D eigenvalue weighted by Gasteiger charge is 2.17. The van der Waals surface area contributed by atoms with E-state index >= 15 is 0 Å². The number of nitrogens with one attached hydrogen (secondary N) is 1. The number of halogens is 1. The zero-order valence-electron chi connectivity index (χ0n) is 11.5. The van der Waals surface area contributed by atoms with Gasteiger partial charge in [0.25, 0.3) is 10.0 Å². The Kier molecular flexibility index (Phi) is 4.37.